The molecule has 18 heavy (non-hydrogen) atoms. The van der Waals surface area contributed by atoms with Gasteiger partial charge < -0.3 is 14.7 Å². The molecular weight excluding hydrogens is 234 g/mol. The maximum atomic E-state index is 11.5. The summed E-state index contributed by atoms with van der Waals surface area (Å²) in [4.78, 5) is 23.5. The second-order valence-corrected chi connectivity index (χ2v) is 4.27. The second kappa shape index (κ2) is 5.53. The average molecular weight is 249 g/mol. The zero-order chi connectivity index (χ0) is 13.0. The van der Waals surface area contributed by atoms with Crippen LogP contribution in [0.25, 0.3) is 0 Å². The minimum Gasteiger partial charge on any atom is -0.481 e. The number of carbonyl (C=O) groups excluding carboxylic acids is 1. The molecule has 1 aliphatic rings. The van der Waals surface area contributed by atoms with Gasteiger partial charge in [0.25, 0.3) is 0 Å². The van der Waals surface area contributed by atoms with E-state index in [9.17, 15) is 9.59 Å². The lowest BCUT2D eigenvalue weighted by molar-refractivity contribution is -0.137. The molecule has 1 aromatic carbocycles. The molecule has 1 aliphatic heterocycles. The summed E-state index contributed by atoms with van der Waals surface area (Å²) in [5, 5.41) is 8.63. The molecule has 1 heterocycles. The Morgan fingerprint density at radius 3 is 2.78 bits per heavy atom. The van der Waals surface area contributed by atoms with Crippen LogP contribution in [-0.4, -0.2) is 41.8 Å². The van der Waals surface area contributed by atoms with E-state index in [1.54, 1.807) is 0 Å². The molecule has 0 saturated carbocycles. The van der Waals surface area contributed by atoms with Crippen LogP contribution >= 0.6 is 0 Å². The Balaban J connectivity index is 2.00. The molecule has 1 unspecified atom stereocenters. The van der Waals surface area contributed by atoms with Crippen LogP contribution in [0, 0.1) is 0 Å². The highest BCUT2D eigenvalue weighted by Gasteiger charge is 2.28. The van der Waals surface area contributed by atoms with Gasteiger partial charge in [0.15, 0.2) is 0 Å². The van der Waals surface area contributed by atoms with Crippen LogP contribution in [0.15, 0.2) is 30.3 Å². The SMILES string of the molecule is O=C(O)CCN1CC(c2ccccc2)COC1=O. The van der Waals surface area contributed by atoms with Gasteiger partial charge in [0.1, 0.15) is 6.61 Å². The van der Waals surface area contributed by atoms with E-state index in [2.05, 4.69) is 0 Å². The Kier molecular flexibility index (Phi) is 3.82. The lowest BCUT2D eigenvalue weighted by atomic mass is 9.98. The third-order valence-corrected chi connectivity index (χ3v) is 2.97. The largest absolute Gasteiger partial charge is 0.481 e. The number of amides is 1. The van der Waals surface area contributed by atoms with Gasteiger partial charge in [-0.2, -0.15) is 0 Å². The molecule has 0 aliphatic carbocycles. The fourth-order valence-corrected chi connectivity index (χ4v) is 2.00. The van der Waals surface area contributed by atoms with Crippen molar-refractivity contribution >= 4 is 12.1 Å². The molecule has 5 heteroatoms. The van der Waals surface area contributed by atoms with E-state index in [1.807, 2.05) is 30.3 Å². The Bertz CT molecular complexity index is 432. The van der Waals surface area contributed by atoms with Gasteiger partial charge in [-0.25, -0.2) is 4.79 Å². The van der Waals surface area contributed by atoms with E-state index >= 15 is 0 Å². The van der Waals surface area contributed by atoms with Crippen molar-refractivity contribution in [3.8, 4) is 0 Å². The Hall–Kier alpha value is -2.04. The number of benzene rings is 1. The van der Waals surface area contributed by atoms with E-state index in [-0.39, 0.29) is 18.9 Å². The van der Waals surface area contributed by atoms with Crippen molar-refractivity contribution in [1.82, 2.24) is 4.90 Å². The highest BCUT2D eigenvalue weighted by Crippen LogP contribution is 2.22. The highest BCUT2D eigenvalue weighted by molar-refractivity contribution is 5.71. The van der Waals surface area contributed by atoms with Crippen molar-refractivity contribution in [2.75, 3.05) is 19.7 Å². The maximum absolute atomic E-state index is 11.5. The quantitative estimate of drug-likeness (QED) is 0.881. The van der Waals surface area contributed by atoms with Crippen molar-refractivity contribution < 1.29 is 19.4 Å². The molecule has 1 aromatic rings. The van der Waals surface area contributed by atoms with Crippen molar-refractivity contribution in [3.63, 3.8) is 0 Å². The number of aliphatic carboxylic acids is 1. The Morgan fingerprint density at radius 1 is 1.39 bits per heavy atom. The predicted molar refractivity (Wildman–Crippen MR) is 64.4 cm³/mol. The molecular formula is C13H15NO4. The first-order valence-electron chi connectivity index (χ1n) is 5.85. The number of ether oxygens (including phenoxy) is 1. The van der Waals surface area contributed by atoms with Gasteiger partial charge in [-0.1, -0.05) is 30.3 Å². The van der Waals surface area contributed by atoms with Gasteiger partial charge in [0.05, 0.1) is 6.42 Å². The molecule has 1 saturated heterocycles. The normalized spacial score (nSPS) is 19.4. The van der Waals surface area contributed by atoms with Gasteiger partial charge in [0, 0.05) is 19.0 Å². The zero-order valence-corrected chi connectivity index (χ0v) is 9.91. The maximum Gasteiger partial charge on any atom is 0.409 e. The molecule has 5 nitrogen and oxygen atoms in total. The minimum atomic E-state index is -0.912. The fraction of sp³-hybridized carbons (Fsp3) is 0.385. The third-order valence-electron chi connectivity index (χ3n) is 2.97. The summed E-state index contributed by atoms with van der Waals surface area (Å²) in [6.07, 6.45) is -0.486. The van der Waals surface area contributed by atoms with Gasteiger partial charge in [-0.15, -0.1) is 0 Å². The number of carboxylic acids is 1. The van der Waals surface area contributed by atoms with Crippen LogP contribution in [-0.2, 0) is 9.53 Å². The van der Waals surface area contributed by atoms with Crippen LogP contribution in [0.5, 0.6) is 0 Å². The van der Waals surface area contributed by atoms with Crippen molar-refractivity contribution in [1.29, 1.82) is 0 Å². The number of nitrogens with zero attached hydrogens (tertiary/aromatic N) is 1. The van der Waals surface area contributed by atoms with Gasteiger partial charge >= 0.3 is 12.1 Å². The number of hydrogen-bond donors (Lipinski definition) is 1. The van der Waals surface area contributed by atoms with Crippen LogP contribution in [0.1, 0.15) is 17.9 Å². The first kappa shape index (κ1) is 12.4. The van der Waals surface area contributed by atoms with Crippen molar-refractivity contribution in [2.45, 2.75) is 12.3 Å². The first-order valence-corrected chi connectivity index (χ1v) is 5.85. The fourth-order valence-electron chi connectivity index (χ4n) is 2.00. The second-order valence-electron chi connectivity index (χ2n) is 4.27. The topological polar surface area (TPSA) is 66.8 Å². The Morgan fingerprint density at radius 2 is 2.11 bits per heavy atom. The first-order chi connectivity index (χ1) is 8.66. The molecule has 96 valence electrons. The average Bonchev–Trinajstić information content (AvgIpc) is 2.38. The lowest BCUT2D eigenvalue weighted by Crippen LogP contribution is -2.42. The predicted octanol–water partition coefficient (Wildman–Crippen LogP) is 1.70. The molecule has 1 amide bonds. The summed E-state index contributed by atoms with van der Waals surface area (Å²) < 4.78 is 5.08. The summed E-state index contributed by atoms with van der Waals surface area (Å²) in [7, 11) is 0. The van der Waals surface area contributed by atoms with Crippen molar-refractivity contribution in [2.24, 2.45) is 0 Å². The van der Waals surface area contributed by atoms with E-state index in [0.29, 0.717) is 13.2 Å². The van der Waals surface area contributed by atoms with Gasteiger partial charge in [0.2, 0.25) is 0 Å². The number of carboxylic acid groups (broad SMARTS) is 1. The van der Waals surface area contributed by atoms with E-state index in [1.165, 1.54) is 4.90 Å². The van der Waals surface area contributed by atoms with Crippen LogP contribution in [0.2, 0.25) is 0 Å². The van der Waals surface area contributed by atoms with E-state index in [4.69, 9.17) is 9.84 Å². The number of cyclic esters (lactones) is 1. The van der Waals surface area contributed by atoms with E-state index in [0.717, 1.165) is 5.56 Å². The van der Waals surface area contributed by atoms with Gasteiger partial charge in [-0.3, -0.25) is 4.79 Å². The number of carbonyl (C=O) groups is 2. The minimum absolute atomic E-state index is 0.0589. The van der Waals surface area contributed by atoms with Crippen LogP contribution in [0.3, 0.4) is 0 Å². The lowest BCUT2D eigenvalue weighted by Gasteiger charge is -2.32. The highest BCUT2D eigenvalue weighted by atomic mass is 16.6. The number of hydrogen-bond acceptors (Lipinski definition) is 3. The molecule has 1 N–H and O–H groups in total. The molecule has 1 fully saturated rings. The molecule has 0 aromatic heterocycles. The third kappa shape index (κ3) is 3.00. The standard InChI is InChI=1S/C13H15NO4/c15-12(16)6-7-14-8-11(9-18-13(14)17)10-4-2-1-3-5-10/h1-5,11H,6-9H2,(H,15,16). The molecule has 0 spiro atoms. The summed E-state index contributed by atoms with van der Waals surface area (Å²) in [6.45, 7) is 1.06. The molecule has 1 atom stereocenters. The molecule has 0 radical (unpaired) electrons. The number of rotatable bonds is 4. The summed E-state index contributed by atoms with van der Waals surface area (Å²) in [5.74, 6) is -0.803. The summed E-state index contributed by atoms with van der Waals surface area (Å²) in [6, 6.07) is 9.78. The molecule has 2 rings (SSSR count). The zero-order valence-electron chi connectivity index (χ0n) is 9.91. The van der Waals surface area contributed by atoms with Gasteiger partial charge in [-0.05, 0) is 5.56 Å². The van der Waals surface area contributed by atoms with Crippen LogP contribution in [0.4, 0.5) is 4.79 Å². The Labute approximate surface area is 105 Å². The summed E-state index contributed by atoms with van der Waals surface area (Å²) in [5.41, 5.74) is 1.10. The van der Waals surface area contributed by atoms with Crippen molar-refractivity contribution in [3.05, 3.63) is 35.9 Å². The monoisotopic (exact) mass is 249 g/mol. The smallest absolute Gasteiger partial charge is 0.409 e. The van der Waals surface area contributed by atoms with E-state index < -0.39 is 12.1 Å². The van der Waals surface area contributed by atoms with Crippen LogP contribution < -0.4 is 0 Å². The molecule has 0 bridgehead atoms. The summed E-state index contributed by atoms with van der Waals surface area (Å²) >= 11 is 0.